The van der Waals surface area contributed by atoms with Crippen molar-refractivity contribution in [2.45, 2.75) is 32.9 Å². The van der Waals surface area contributed by atoms with Gasteiger partial charge in [0.25, 0.3) is 0 Å². The minimum Gasteiger partial charge on any atom is -0.377 e. The summed E-state index contributed by atoms with van der Waals surface area (Å²) in [5.41, 5.74) is 8.15. The van der Waals surface area contributed by atoms with Gasteiger partial charge in [0.15, 0.2) is 0 Å². The molecular weight excluding hydrogens is 260 g/mol. The Hall–Kier alpha value is -0.610. The second-order valence-corrected chi connectivity index (χ2v) is 5.57. The van der Waals surface area contributed by atoms with E-state index < -0.39 is 0 Å². The normalized spacial score (nSPS) is 13.3. The van der Waals surface area contributed by atoms with Crippen LogP contribution in [0.15, 0.2) is 18.2 Å². The fraction of sp³-hybridized carbons (Fsp3) is 0.600. The quantitative estimate of drug-likeness (QED) is 0.836. The zero-order chi connectivity index (χ0) is 14.4. The van der Waals surface area contributed by atoms with Gasteiger partial charge in [-0.05, 0) is 45.0 Å². The topological polar surface area (TPSA) is 38.5 Å². The molecule has 0 bridgehead atoms. The van der Waals surface area contributed by atoms with E-state index in [0.717, 1.165) is 22.7 Å². The number of rotatable bonds is 7. The molecule has 2 N–H and O–H groups in total. The number of nitrogens with zero attached hydrogens (tertiary/aromatic N) is 1. The van der Waals surface area contributed by atoms with Crippen molar-refractivity contribution < 1.29 is 4.74 Å². The molecule has 0 saturated carbocycles. The molecule has 0 aliphatic heterocycles. The van der Waals surface area contributed by atoms with E-state index >= 15 is 0 Å². The molecule has 0 aliphatic rings. The Labute approximate surface area is 121 Å². The van der Waals surface area contributed by atoms with Crippen molar-refractivity contribution in [3.63, 3.8) is 0 Å². The van der Waals surface area contributed by atoms with Crippen molar-refractivity contribution in [3.8, 4) is 0 Å². The van der Waals surface area contributed by atoms with Crippen LogP contribution < -0.4 is 5.73 Å². The Morgan fingerprint density at radius 2 is 2.05 bits per heavy atom. The molecule has 0 spiro atoms. The molecule has 3 nitrogen and oxygen atoms in total. The summed E-state index contributed by atoms with van der Waals surface area (Å²) in [5, 5.41) is 0.794. The summed E-state index contributed by atoms with van der Waals surface area (Å²) in [5.74, 6) is 0. The zero-order valence-electron chi connectivity index (χ0n) is 12.3. The van der Waals surface area contributed by atoms with Crippen LogP contribution in [0, 0.1) is 6.92 Å². The maximum atomic E-state index is 6.18. The van der Waals surface area contributed by atoms with Crippen LogP contribution in [0.4, 0.5) is 0 Å². The highest BCUT2D eigenvalue weighted by atomic mass is 35.5. The van der Waals surface area contributed by atoms with Gasteiger partial charge in [-0.3, -0.25) is 4.90 Å². The Morgan fingerprint density at radius 3 is 2.58 bits per heavy atom. The average Bonchev–Trinajstić information content (AvgIpc) is 2.34. The van der Waals surface area contributed by atoms with Crippen LogP contribution in [-0.2, 0) is 4.74 Å². The minimum absolute atomic E-state index is 0.175. The van der Waals surface area contributed by atoms with Gasteiger partial charge in [0.05, 0.1) is 12.7 Å². The van der Waals surface area contributed by atoms with E-state index in [9.17, 15) is 0 Å². The van der Waals surface area contributed by atoms with Gasteiger partial charge in [-0.25, -0.2) is 0 Å². The van der Waals surface area contributed by atoms with E-state index in [1.807, 2.05) is 32.9 Å². The third kappa shape index (κ3) is 5.11. The summed E-state index contributed by atoms with van der Waals surface area (Å²) in [4.78, 5) is 2.21. The number of benzene rings is 1. The largest absolute Gasteiger partial charge is 0.377 e. The molecule has 1 aromatic rings. The summed E-state index contributed by atoms with van der Waals surface area (Å²) in [6.45, 7) is 8.22. The number of hydrogen-bond donors (Lipinski definition) is 1. The first-order valence-corrected chi connectivity index (χ1v) is 7.11. The standard InChI is InChI=1S/C15H25ClN2O/c1-11(2)19-8-7-18(4)15(10-17)13-6-5-12(3)14(16)9-13/h5-6,9,11,15H,7-8,10,17H2,1-4H3. The van der Waals surface area contributed by atoms with Crippen LogP contribution in [0.3, 0.4) is 0 Å². The van der Waals surface area contributed by atoms with Gasteiger partial charge >= 0.3 is 0 Å². The minimum atomic E-state index is 0.175. The first-order chi connectivity index (χ1) is 8.95. The highest BCUT2D eigenvalue weighted by Gasteiger charge is 2.16. The number of nitrogens with two attached hydrogens (primary N) is 1. The second kappa shape index (κ2) is 7.85. The van der Waals surface area contributed by atoms with Crippen molar-refractivity contribution in [1.29, 1.82) is 0 Å². The van der Waals surface area contributed by atoms with Crippen LogP contribution in [-0.4, -0.2) is 37.7 Å². The van der Waals surface area contributed by atoms with E-state index in [1.165, 1.54) is 0 Å². The van der Waals surface area contributed by atoms with Gasteiger partial charge in [0, 0.05) is 24.2 Å². The van der Waals surface area contributed by atoms with Gasteiger partial charge in [-0.15, -0.1) is 0 Å². The fourth-order valence-electron chi connectivity index (χ4n) is 1.98. The number of ether oxygens (including phenoxy) is 1. The van der Waals surface area contributed by atoms with Gasteiger partial charge in [-0.1, -0.05) is 23.7 Å². The van der Waals surface area contributed by atoms with E-state index in [4.69, 9.17) is 22.1 Å². The third-order valence-corrected chi connectivity index (χ3v) is 3.64. The van der Waals surface area contributed by atoms with E-state index in [2.05, 4.69) is 18.0 Å². The molecule has 0 saturated heterocycles. The Bertz CT molecular complexity index is 396. The fourth-order valence-corrected chi connectivity index (χ4v) is 2.16. The van der Waals surface area contributed by atoms with E-state index in [1.54, 1.807) is 0 Å². The maximum Gasteiger partial charge on any atom is 0.0597 e. The van der Waals surface area contributed by atoms with Gasteiger partial charge in [0.2, 0.25) is 0 Å². The van der Waals surface area contributed by atoms with Gasteiger partial charge < -0.3 is 10.5 Å². The zero-order valence-corrected chi connectivity index (χ0v) is 13.1. The lowest BCUT2D eigenvalue weighted by Gasteiger charge is -2.28. The summed E-state index contributed by atoms with van der Waals surface area (Å²) in [7, 11) is 2.06. The first-order valence-electron chi connectivity index (χ1n) is 6.73. The monoisotopic (exact) mass is 284 g/mol. The highest BCUT2D eigenvalue weighted by molar-refractivity contribution is 6.31. The van der Waals surface area contributed by atoms with Crippen LogP contribution in [0.2, 0.25) is 5.02 Å². The number of likely N-dealkylation sites (N-methyl/N-ethyl adjacent to an activating group) is 1. The predicted octanol–water partition coefficient (Wildman–Crippen LogP) is 3.01. The Balaban J connectivity index is 2.67. The Morgan fingerprint density at radius 1 is 1.37 bits per heavy atom. The lowest BCUT2D eigenvalue weighted by Crippen LogP contribution is -2.33. The molecule has 0 fully saturated rings. The van der Waals surface area contributed by atoms with Crippen LogP contribution in [0.5, 0.6) is 0 Å². The van der Waals surface area contributed by atoms with Crippen molar-refractivity contribution in [2.75, 3.05) is 26.7 Å². The molecule has 1 rings (SSSR count). The molecule has 0 heterocycles. The number of hydrogen-bond acceptors (Lipinski definition) is 3. The van der Waals surface area contributed by atoms with Crippen molar-refractivity contribution >= 4 is 11.6 Å². The second-order valence-electron chi connectivity index (χ2n) is 5.16. The van der Waals surface area contributed by atoms with Gasteiger partial charge in [0.1, 0.15) is 0 Å². The summed E-state index contributed by atoms with van der Waals surface area (Å²) in [6, 6.07) is 6.32. The summed E-state index contributed by atoms with van der Waals surface area (Å²) < 4.78 is 5.58. The van der Waals surface area contributed by atoms with Crippen LogP contribution >= 0.6 is 11.6 Å². The lowest BCUT2D eigenvalue weighted by atomic mass is 10.0. The predicted molar refractivity (Wildman–Crippen MR) is 81.7 cm³/mol. The molecule has 0 aliphatic carbocycles. The summed E-state index contributed by atoms with van der Waals surface area (Å²) >= 11 is 6.18. The van der Waals surface area contributed by atoms with Crippen molar-refractivity contribution in [2.24, 2.45) is 5.73 Å². The highest BCUT2D eigenvalue weighted by Crippen LogP contribution is 2.24. The number of aryl methyl sites for hydroxylation is 1. The Kier molecular flexibility index (Phi) is 6.80. The summed E-state index contributed by atoms with van der Waals surface area (Å²) in [6.07, 6.45) is 0.263. The molecule has 1 aromatic carbocycles. The molecule has 19 heavy (non-hydrogen) atoms. The molecule has 4 heteroatoms. The van der Waals surface area contributed by atoms with Crippen molar-refractivity contribution in [3.05, 3.63) is 34.3 Å². The first kappa shape index (κ1) is 16.4. The SMILES string of the molecule is Cc1ccc(C(CN)N(C)CCOC(C)C)cc1Cl. The molecule has 1 atom stereocenters. The third-order valence-electron chi connectivity index (χ3n) is 3.23. The van der Waals surface area contributed by atoms with Crippen LogP contribution in [0.1, 0.15) is 31.0 Å². The average molecular weight is 285 g/mol. The smallest absolute Gasteiger partial charge is 0.0597 e. The maximum absolute atomic E-state index is 6.18. The van der Waals surface area contributed by atoms with Gasteiger partial charge in [-0.2, -0.15) is 0 Å². The molecule has 0 radical (unpaired) electrons. The van der Waals surface area contributed by atoms with E-state index in [-0.39, 0.29) is 12.1 Å². The van der Waals surface area contributed by atoms with Crippen molar-refractivity contribution in [1.82, 2.24) is 4.90 Å². The van der Waals surface area contributed by atoms with E-state index in [0.29, 0.717) is 13.2 Å². The number of halogens is 1. The molecule has 0 amide bonds. The molecular formula is C15H25ClN2O. The van der Waals surface area contributed by atoms with Crippen LogP contribution in [0.25, 0.3) is 0 Å². The molecule has 0 aromatic heterocycles. The lowest BCUT2D eigenvalue weighted by molar-refractivity contribution is 0.0564. The molecule has 108 valence electrons. The molecule has 1 unspecified atom stereocenters.